The molecule has 0 aliphatic heterocycles. The number of aliphatic imine (C=N–C) groups is 1. The van der Waals surface area contributed by atoms with E-state index in [0.29, 0.717) is 23.6 Å². The van der Waals surface area contributed by atoms with E-state index in [1.807, 2.05) is 19.1 Å². The molecule has 0 unspecified atom stereocenters. The number of thioether (sulfide) groups is 1. The predicted molar refractivity (Wildman–Crippen MR) is 106 cm³/mol. The molecular weight excluding hydrogens is 398 g/mol. The van der Waals surface area contributed by atoms with E-state index in [1.165, 1.54) is 0 Å². The van der Waals surface area contributed by atoms with E-state index < -0.39 is 12.1 Å². The fourth-order valence-electron chi connectivity index (χ4n) is 1.95. The number of guanidine groups is 1. The summed E-state index contributed by atoms with van der Waals surface area (Å²) in [7, 11) is 0. The molecule has 2 aromatic carbocycles. The molecule has 0 aliphatic rings. The lowest BCUT2D eigenvalue weighted by atomic mass is 10.2. The summed E-state index contributed by atoms with van der Waals surface area (Å²) in [6.07, 6.45) is -2.33. The summed E-state index contributed by atoms with van der Waals surface area (Å²) < 4.78 is 10.7. The molecule has 2 rings (SSSR count). The SMILES string of the molecule is CCOCCSc1ccc(OC(=O)c2ccc(N=C(N)N)cc2)cc1.O=C([O-])[O-]. The van der Waals surface area contributed by atoms with E-state index in [2.05, 4.69) is 4.99 Å². The summed E-state index contributed by atoms with van der Waals surface area (Å²) in [5, 5.41) is 16.7. The molecule has 0 aliphatic carbocycles. The van der Waals surface area contributed by atoms with Gasteiger partial charge in [0, 0.05) is 17.3 Å². The van der Waals surface area contributed by atoms with Crippen LogP contribution in [-0.4, -0.2) is 37.1 Å². The molecule has 10 heteroatoms. The van der Waals surface area contributed by atoms with Crippen LogP contribution in [0.3, 0.4) is 0 Å². The number of benzene rings is 2. The lowest BCUT2D eigenvalue weighted by Crippen LogP contribution is -2.37. The number of rotatable bonds is 8. The normalized spacial score (nSPS) is 9.69. The van der Waals surface area contributed by atoms with Crippen LogP contribution in [0.2, 0.25) is 0 Å². The van der Waals surface area contributed by atoms with Crippen molar-refractivity contribution in [2.24, 2.45) is 16.5 Å². The Labute approximate surface area is 172 Å². The maximum Gasteiger partial charge on any atom is 0.343 e. The van der Waals surface area contributed by atoms with Crippen LogP contribution in [0.5, 0.6) is 5.75 Å². The first-order chi connectivity index (χ1) is 13.8. The van der Waals surface area contributed by atoms with Gasteiger partial charge >= 0.3 is 5.97 Å². The largest absolute Gasteiger partial charge is 0.652 e. The second kappa shape index (κ2) is 13.0. The molecular formula is C19H21N3O6S-2. The van der Waals surface area contributed by atoms with Crippen LogP contribution in [0.4, 0.5) is 10.5 Å². The Balaban J connectivity index is 0.000000960. The molecule has 0 saturated heterocycles. The molecule has 0 aromatic heterocycles. The zero-order valence-corrected chi connectivity index (χ0v) is 16.5. The van der Waals surface area contributed by atoms with Crippen molar-refractivity contribution in [2.75, 3.05) is 19.0 Å². The van der Waals surface area contributed by atoms with Crippen LogP contribution in [0.15, 0.2) is 58.4 Å². The van der Waals surface area contributed by atoms with Crippen molar-refractivity contribution in [1.29, 1.82) is 0 Å². The van der Waals surface area contributed by atoms with Gasteiger partial charge in [-0.3, -0.25) is 0 Å². The van der Waals surface area contributed by atoms with Crippen LogP contribution in [-0.2, 0) is 4.74 Å². The minimum atomic E-state index is -2.33. The highest BCUT2D eigenvalue weighted by atomic mass is 32.2. The van der Waals surface area contributed by atoms with Crippen LogP contribution >= 0.6 is 11.8 Å². The molecule has 4 N–H and O–H groups in total. The summed E-state index contributed by atoms with van der Waals surface area (Å²) in [6, 6.07) is 13.9. The maximum atomic E-state index is 12.1. The van der Waals surface area contributed by atoms with Gasteiger partial charge in [-0.15, -0.1) is 11.8 Å². The molecule has 0 fully saturated rings. The number of hydrogen-bond acceptors (Lipinski definition) is 8. The van der Waals surface area contributed by atoms with Gasteiger partial charge in [-0.05, 0) is 61.6 Å². The van der Waals surface area contributed by atoms with Crippen molar-refractivity contribution >= 4 is 35.5 Å². The van der Waals surface area contributed by atoms with Gasteiger partial charge in [-0.25, -0.2) is 9.79 Å². The van der Waals surface area contributed by atoms with E-state index in [4.69, 9.17) is 35.9 Å². The highest BCUT2D eigenvalue weighted by Gasteiger charge is 2.08. The molecule has 0 saturated carbocycles. The summed E-state index contributed by atoms with van der Waals surface area (Å²) in [4.78, 5) is 25.5. The molecule has 0 bridgehead atoms. The Bertz CT molecular complexity index is 802. The molecule has 156 valence electrons. The number of ether oxygens (including phenoxy) is 2. The maximum absolute atomic E-state index is 12.1. The Morgan fingerprint density at radius 3 is 2.14 bits per heavy atom. The monoisotopic (exact) mass is 419 g/mol. The smallest absolute Gasteiger partial charge is 0.343 e. The number of carbonyl (C=O) groups excluding carboxylic acids is 2. The summed E-state index contributed by atoms with van der Waals surface area (Å²) in [6.45, 7) is 3.42. The molecule has 0 spiro atoms. The summed E-state index contributed by atoms with van der Waals surface area (Å²) >= 11 is 1.69. The molecule has 0 heterocycles. The van der Waals surface area contributed by atoms with Gasteiger partial charge in [0.15, 0.2) is 5.96 Å². The van der Waals surface area contributed by atoms with Gasteiger partial charge in [0.25, 0.3) is 0 Å². The minimum absolute atomic E-state index is 0.0328. The Morgan fingerprint density at radius 1 is 1.03 bits per heavy atom. The van der Waals surface area contributed by atoms with Gasteiger partial charge in [0.1, 0.15) is 5.75 Å². The second-order valence-corrected chi connectivity index (χ2v) is 6.41. The first kappa shape index (κ1) is 23.8. The van der Waals surface area contributed by atoms with E-state index >= 15 is 0 Å². The van der Waals surface area contributed by atoms with E-state index in [1.54, 1.807) is 48.2 Å². The Kier molecular flexibility index (Phi) is 10.7. The summed E-state index contributed by atoms with van der Waals surface area (Å²) in [5.74, 6) is 0.907. The van der Waals surface area contributed by atoms with E-state index in [-0.39, 0.29) is 5.96 Å². The molecule has 0 amide bonds. The molecule has 0 radical (unpaired) electrons. The number of carboxylic acid groups (broad SMARTS) is 2. The minimum Gasteiger partial charge on any atom is -0.652 e. The van der Waals surface area contributed by atoms with Gasteiger partial charge in [-0.1, -0.05) is 0 Å². The van der Waals surface area contributed by atoms with Gasteiger partial charge in [0.05, 0.1) is 17.9 Å². The number of hydrogen-bond donors (Lipinski definition) is 2. The lowest BCUT2D eigenvalue weighted by Gasteiger charge is -2.06. The fraction of sp³-hybridized carbons (Fsp3) is 0.211. The van der Waals surface area contributed by atoms with Crippen molar-refractivity contribution in [3.63, 3.8) is 0 Å². The third-order valence-corrected chi connectivity index (χ3v) is 4.07. The van der Waals surface area contributed by atoms with Crippen molar-refractivity contribution < 1.29 is 29.3 Å². The first-order valence-electron chi connectivity index (χ1n) is 8.42. The van der Waals surface area contributed by atoms with Crippen LogP contribution in [0, 0.1) is 0 Å². The van der Waals surface area contributed by atoms with Crippen LogP contribution < -0.4 is 26.4 Å². The third kappa shape index (κ3) is 10.6. The third-order valence-electron chi connectivity index (χ3n) is 3.10. The number of carbonyl (C=O) groups is 2. The Hall–Kier alpha value is -3.24. The van der Waals surface area contributed by atoms with Crippen LogP contribution in [0.1, 0.15) is 17.3 Å². The zero-order chi connectivity index (χ0) is 21.6. The van der Waals surface area contributed by atoms with Gasteiger partial charge in [0.2, 0.25) is 0 Å². The zero-order valence-electron chi connectivity index (χ0n) is 15.7. The Morgan fingerprint density at radius 2 is 1.62 bits per heavy atom. The van der Waals surface area contributed by atoms with E-state index in [0.717, 1.165) is 17.3 Å². The topological polar surface area (TPSA) is 163 Å². The van der Waals surface area contributed by atoms with Crippen LogP contribution in [0.25, 0.3) is 0 Å². The molecule has 9 nitrogen and oxygen atoms in total. The number of nitrogens with two attached hydrogens (primary N) is 2. The summed E-state index contributed by atoms with van der Waals surface area (Å²) in [5.41, 5.74) is 11.6. The average Bonchev–Trinajstić information content (AvgIpc) is 2.66. The molecule has 2 aromatic rings. The van der Waals surface area contributed by atoms with E-state index in [9.17, 15) is 4.79 Å². The fourth-order valence-corrected chi connectivity index (χ4v) is 2.72. The van der Waals surface area contributed by atoms with Gasteiger partial charge in [-0.2, -0.15) is 0 Å². The first-order valence-corrected chi connectivity index (χ1v) is 9.40. The quantitative estimate of drug-likeness (QED) is 0.155. The van der Waals surface area contributed by atoms with Crippen molar-refractivity contribution in [2.45, 2.75) is 11.8 Å². The predicted octanol–water partition coefficient (Wildman–Crippen LogP) is 0.492. The number of nitrogens with zero attached hydrogens (tertiary/aromatic N) is 1. The van der Waals surface area contributed by atoms with Crippen molar-refractivity contribution in [3.05, 3.63) is 54.1 Å². The molecule has 0 atom stereocenters. The highest BCUT2D eigenvalue weighted by Crippen LogP contribution is 2.22. The van der Waals surface area contributed by atoms with Crippen molar-refractivity contribution in [3.8, 4) is 5.75 Å². The number of esters is 1. The average molecular weight is 419 g/mol. The van der Waals surface area contributed by atoms with Crippen molar-refractivity contribution in [1.82, 2.24) is 0 Å². The molecule has 29 heavy (non-hydrogen) atoms. The lowest BCUT2D eigenvalue weighted by molar-refractivity contribution is -0.415. The standard InChI is InChI=1S/C18H21N3O3S.CH2O3/c1-2-23-11-12-25-16-9-7-15(8-10-16)24-17(22)13-3-5-14(6-4-13)21-18(19)20;2-1(3)4/h3-10H,2,11-12H2,1H3,(H4,19,20,21);(H2,2,3,4)/p-2. The van der Waals surface area contributed by atoms with Gasteiger partial charge < -0.3 is 35.9 Å². The highest BCUT2D eigenvalue weighted by molar-refractivity contribution is 7.99. The second-order valence-electron chi connectivity index (χ2n) is 5.24.